The molecule has 1 atom stereocenters. The summed E-state index contributed by atoms with van der Waals surface area (Å²) >= 11 is 0. The fourth-order valence-corrected chi connectivity index (χ4v) is 6.51. The molecule has 2 amide bonds. The molecule has 0 unspecified atom stereocenters. The molecule has 0 spiro atoms. The lowest BCUT2D eigenvalue weighted by Gasteiger charge is -2.29. The lowest BCUT2D eigenvalue weighted by molar-refractivity contribution is -0.140. The maximum atomic E-state index is 13.4. The van der Waals surface area contributed by atoms with Gasteiger partial charge >= 0.3 is 0 Å². The van der Waals surface area contributed by atoms with Crippen molar-refractivity contribution in [1.82, 2.24) is 10.2 Å². The van der Waals surface area contributed by atoms with E-state index in [1.807, 2.05) is 69.3 Å². The third-order valence-corrected chi connectivity index (χ3v) is 8.58. The van der Waals surface area contributed by atoms with Gasteiger partial charge in [-0.25, -0.2) is 8.42 Å². The maximum Gasteiger partial charge on any atom is 0.265 e. The number of nitrogens with zero attached hydrogens (tertiary/aromatic N) is 2. The number of benzene rings is 3. The fraction of sp³-hybridized carbons (Fsp3) is 0.379. The Hall–Kier alpha value is -3.39. The molecule has 196 valence electrons. The number of rotatable bonds is 10. The average molecular weight is 522 g/mol. The van der Waals surface area contributed by atoms with Crippen molar-refractivity contribution in [3.63, 3.8) is 0 Å². The minimum Gasteiger partial charge on any atom is -0.354 e. The van der Waals surface area contributed by atoms with Gasteiger partial charge in [0, 0.05) is 31.4 Å². The summed E-state index contributed by atoms with van der Waals surface area (Å²) in [6.07, 6.45) is 0.471. The molecule has 1 aliphatic heterocycles. The van der Waals surface area contributed by atoms with E-state index in [1.165, 1.54) is 4.31 Å². The van der Waals surface area contributed by atoms with Gasteiger partial charge in [-0.05, 0) is 49.3 Å². The Morgan fingerprint density at radius 2 is 1.70 bits per heavy atom. The topological polar surface area (TPSA) is 86.8 Å². The molecule has 0 aromatic heterocycles. The number of aryl methyl sites for hydroxylation is 1. The van der Waals surface area contributed by atoms with Crippen LogP contribution in [-0.4, -0.2) is 44.3 Å². The molecule has 0 aliphatic carbocycles. The van der Waals surface area contributed by atoms with Crippen molar-refractivity contribution in [2.45, 2.75) is 58.0 Å². The van der Waals surface area contributed by atoms with Gasteiger partial charge in [0.2, 0.25) is 11.8 Å². The van der Waals surface area contributed by atoms with Gasteiger partial charge in [-0.3, -0.25) is 13.9 Å². The average Bonchev–Trinajstić information content (AvgIpc) is 3.08. The molecular formula is C29H35N3O4S. The molecule has 0 radical (unpaired) electrons. The molecule has 1 aliphatic rings. The van der Waals surface area contributed by atoms with E-state index < -0.39 is 16.1 Å². The molecule has 0 saturated carbocycles. The number of hydrogen-bond acceptors (Lipinski definition) is 4. The van der Waals surface area contributed by atoms with E-state index in [1.54, 1.807) is 24.0 Å². The van der Waals surface area contributed by atoms with E-state index in [-0.39, 0.29) is 24.8 Å². The Morgan fingerprint density at radius 3 is 2.41 bits per heavy atom. The van der Waals surface area contributed by atoms with Gasteiger partial charge in [0.25, 0.3) is 10.0 Å². The maximum absolute atomic E-state index is 13.4. The summed E-state index contributed by atoms with van der Waals surface area (Å²) in [7, 11) is -3.67. The van der Waals surface area contributed by atoms with Gasteiger partial charge in [-0.15, -0.1) is 0 Å². The summed E-state index contributed by atoms with van der Waals surface area (Å²) in [5.74, 6) is -0.0759. The molecule has 1 N–H and O–H groups in total. The van der Waals surface area contributed by atoms with Crippen molar-refractivity contribution in [2.24, 2.45) is 5.92 Å². The van der Waals surface area contributed by atoms with Crippen LogP contribution in [0.2, 0.25) is 0 Å². The summed E-state index contributed by atoms with van der Waals surface area (Å²) in [4.78, 5) is 28.2. The van der Waals surface area contributed by atoms with Crippen LogP contribution in [0.4, 0.5) is 5.69 Å². The number of carbonyl (C=O) groups is 2. The summed E-state index contributed by atoms with van der Waals surface area (Å²) < 4.78 is 27.9. The number of nitrogens with one attached hydrogen (secondary N) is 1. The molecule has 8 heteroatoms. The first-order valence-electron chi connectivity index (χ1n) is 12.8. The molecule has 0 saturated heterocycles. The Morgan fingerprint density at radius 1 is 1.00 bits per heavy atom. The van der Waals surface area contributed by atoms with Crippen LogP contribution in [0.25, 0.3) is 10.8 Å². The largest absolute Gasteiger partial charge is 0.354 e. The molecule has 1 heterocycles. The molecule has 0 bridgehead atoms. The van der Waals surface area contributed by atoms with Crippen LogP contribution in [0, 0.1) is 12.8 Å². The second-order valence-corrected chi connectivity index (χ2v) is 12.0. The fourth-order valence-electron chi connectivity index (χ4n) is 4.76. The van der Waals surface area contributed by atoms with Crippen LogP contribution < -0.4 is 9.62 Å². The second-order valence-electron chi connectivity index (χ2n) is 10.1. The lowest BCUT2D eigenvalue weighted by Crippen LogP contribution is -2.48. The number of sulfonamides is 1. The third kappa shape index (κ3) is 5.64. The van der Waals surface area contributed by atoms with Gasteiger partial charge < -0.3 is 10.2 Å². The number of amides is 2. The van der Waals surface area contributed by atoms with Gasteiger partial charge in [0.15, 0.2) is 0 Å². The van der Waals surface area contributed by atoms with Crippen molar-refractivity contribution < 1.29 is 18.0 Å². The van der Waals surface area contributed by atoms with Crippen LogP contribution in [0.1, 0.15) is 44.7 Å². The zero-order valence-electron chi connectivity index (χ0n) is 21.9. The summed E-state index contributed by atoms with van der Waals surface area (Å²) in [5, 5.41) is 4.53. The van der Waals surface area contributed by atoms with E-state index in [0.29, 0.717) is 36.0 Å². The van der Waals surface area contributed by atoms with Crippen LogP contribution in [0.15, 0.2) is 65.6 Å². The Bertz CT molecular complexity index is 1410. The first-order valence-corrected chi connectivity index (χ1v) is 14.2. The molecule has 0 fully saturated rings. The van der Waals surface area contributed by atoms with Crippen molar-refractivity contribution in [3.05, 3.63) is 71.8 Å². The highest BCUT2D eigenvalue weighted by atomic mass is 32.2. The summed E-state index contributed by atoms with van der Waals surface area (Å²) in [5.41, 5.74) is 2.68. The van der Waals surface area contributed by atoms with Gasteiger partial charge in [-0.2, -0.15) is 0 Å². The quantitative estimate of drug-likeness (QED) is 0.422. The first-order chi connectivity index (χ1) is 17.6. The van der Waals surface area contributed by atoms with Crippen molar-refractivity contribution in [1.29, 1.82) is 0 Å². The molecular weight excluding hydrogens is 486 g/mol. The molecule has 7 nitrogen and oxygen atoms in total. The molecule has 37 heavy (non-hydrogen) atoms. The normalized spacial score (nSPS) is 14.7. The molecule has 3 aromatic rings. The van der Waals surface area contributed by atoms with E-state index in [9.17, 15) is 18.0 Å². The zero-order chi connectivity index (χ0) is 26.7. The zero-order valence-corrected chi connectivity index (χ0v) is 22.7. The minimum absolute atomic E-state index is 0.131. The Kier molecular flexibility index (Phi) is 7.87. The number of carbonyl (C=O) groups excluding carboxylic acids is 2. The van der Waals surface area contributed by atoms with E-state index in [4.69, 9.17) is 0 Å². The van der Waals surface area contributed by atoms with Crippen molar-refractivity contribution >= 4 is 38.3 Å². The third-order valence-electron chi connectivity index (χ3n) is 6.72. The SMILES string of the molecule is Cc1cccc(CN(C(=O)CCCN2c3cccc4cccc(c34)S2(=O)=O)[C@@H](C)C(=O)NCC(C)C)c1. The highest BCUT2D eigenvalue weighted by Crippen LogP contribution is 2.42. The van der Waals surface area contributed by atoms with E-state index in [0.717, 1.165) is 21.9 Å². The van der Waals surface area contributed by atoms with Crippen LogP contribution in [-0.2, 0) is 26.2 Å². The minimum atomic E-state index is -3.67. The van der Waals surface area contributed by atoms with E-state index in [2.05, 4.69) is 5.32 Å². The monoisotopic (exact) mass is 521 g/mol. The molecule has 4 rings (SSSR count). The van der Waals surface area contributed by atoms with Gasteiger partial charge in [0.1, 0.15) is 6.04 Å². The van der Waals surface area contributed by atoms with Crippen molar-refractivity contribution in [3.8, 4) is 0 Å². The van der Waals surface area contributed by atoms with Gasteiger partial charge in [0.05, 0.1) is 10.6 Å². The van der Waals surface area contributed by atoms with E-state index >= 15 is 0 Å². The van der Waals surface area contributed by atoms with Crippen LogP contribution >= 0.6 is 0 Å². The number of hydrogen-bond donors (Lipinski definition) is 1. The molecule has 3 aromatic carbocycles. The Balaban J connectivity index is 1.49. The highest BCUT2D eigenvalue weighted by molar-refractivity contribution is 7.93. The summed E-state index contributed by atoms with van der Waals surface area (Å²) in [6, 6.07) is 18.1. The smallest absolute Gasteiger partial charge is 0.265 e. The highest BCUT2D eigenvalue weighted by Gasteiger charge is 2.35. The predicted molar refractivity (Wildman–Crippen MR) is 147 cm³/mol. The predicted octanol–water partition coefficient (Wildman–Crippen LogP) is 4.63. The second kappa shape index (κ2) is 10.9. The number of anilines is 1. The van der Waals surface area contributed by atoms with Crippen LogP contribution in [0.5, 0.6) is 0 Å². The van der Waals surface area contributed by atoms with Gasteiger partial charge in [-0.1, -0.05) is 67.9 Å². The standard InChI is InChI=1S/C29H35N3O4S/c1-20(2)18-30-29(34)22(4)31(19-23-10-5-9-21(3)17-23)27(33)15-8-16-32-25-13-6-11-24-12-7-14-26(28(24)25)37(32,35)36/h5-7,9-14,17,20,22H,8,15-16,18-19H2,1-4H3,(H,30,34)/t22-/m0/s1. The van der Waals surface area contributed by atoms with Crippen molar-refractivity contribution in [2.75, 3.05) is 17.4 Å². The summed E-state index contributed by atoms with van der Waals surface area (Å²) in [6.45, 7) is 8.80. The van der Waals surface area contributed by atoms with Crippen LogP contribution in [0.3, 0.4) is 0 Å². The first kappa shape index (κ1) is 26.7. The Labute approximate surface area is 219 Å². The lowest BCUT2D eigenvalue weighted by atomic mass is 10.1.